The fourth-order valence-corrected chi connectivity index (χ4v) is 2.42. The van der Waals surface area contributed by atoms with E-state index >= 15 is 0 Å². The van der Waals surface area contributed by atoms with Crippen molar-refractivity contribution in [1.82, 2.24) is 5.43 Å². The molecule has 0 saturated carbocycles. The lowest BCUT2D eigenvalue weighted by atomic mass is 10.1. The molecule has 0 atom stereocenters. The number of hydrogen-bond acceptors (Lipinski definition) is 3. The highest BCUT2D eigenvalue weighted by Crippen LogP contribution is 2.27. The molecule has 0 aliphatic heterocycles. The minimum absolute atomic E-state index is 0.460. The molecule has 26 heavy (non-hydrogen) atoms. The first-order valence-corrected chi connectivity index (χ1v) is 7.40. The van der Waals surface area contributed by atoms with E-state index < -0.39 is 47.3 Å². The lowest BCUT2D eigenvalue weighted by molar-refractivity contribution is -0.122. The molecule has 0 aromatic heterocycles. The van der Waals surface area contributed by atoms with Gasteiger partial charge in [0.25, 0.3) is 5.91 Å². The molecule has 0 saturated heterocycles. The zero-order valence-electron chi connectivity index (χ0n) is 14.1. The number of carbonyl (C=O) groups excluding carboxylic acids is 1. The highest BCUT2D eigenvalue weighted by molar-refractivity contribution is 5.79. The Bertz CT molecular complexity index is 819. The number of carbonyl (C=O) groups is 1. The van der Waals surface area contributed by atoms with Gasteiger partial charge in [-0.3, -0.25) is 15.6 Å². The van der Waals surface area contributed by atoms with Crippen LogP contribution in [-0.2, 0) is 4.79 Å². The Balaban J connectivity index is 2.05. The molecule has 2 rings (SSSR count). The van der Waals surface area contributed by atoms with E-state index in [0.29, 0.717) is 5.75 Å². The Labute approximate surface area is 145 Å². The first-order chi connectivity index (χ1) is 12.1. The summed E-state index contributed by atoms with van der Waals surface area (Å²) in [5, 5.41) is 0. The van der Waals surface area contributed by atoms with Gasteiger partial charge in [0, 0.05) is 0 Å². The molecule has 1 amide bonds. The van der Waals surface area contributed by atoms with Crippen molar-refractivity contribution in [3.05, 3.63) is 57.9 Å². The van der Waals surface area contributed by atoms with Crippen LogP contribution in [0.5, 0.6) is 5.75 Å². The number of halogens is 5. The predicted octanol–water partition coefficient (Wildman–Crippen LogP) is 3.83. The van der Waals surface area contributed by atoms with Crippen molar-refractivity contribution in [1.29, 1.82) is 0 Å². The molecule has 0 fully saturated rings. The van der Waals surface area contributed by atoms with Gasteiger partial charge in [-0.25, -0.2) is 22.0 Å². The number of nitrogens with one attached hydrogen (secondary N) is 2. The molecule has 0 radical (unpaired) electrons. The molecule has 2 N–H and O–H groups in total. The van der Waals surface area contributed by atoms with Crippen molar-refractivity contribution < 1.29 is 31.5 Å². The average molecular weight is 374 g/mol. The van der Waals surface area contributed by atoms with Crippen molar-refractivity contribution >= 4 is 11.6 Å². The fourth-order valence-electron chi connectivity index (χ4n) is 2.42. The van der Waals surface area contributed by atoms with Crippen LogP contribution in [0.15, 0.2) is 12.1 Å². The van der Waals surface area contributed by atoms with Gasteiger partial charge in [0.2, 0.25) is 5.82 Å². The maximum absolute atomic E-state index is 13.5. The van der Waals surface area contributed by atoms with Crippen LogP contribution in [0.1, 0.15) is 16.7 Å². The van der Waals surface area contributed by atoms with Gasteiger partial charge < -0.3 is 4.74 Å². The molecule has 4 nitrogen and oxygen atoms in total. The van der Waals surface area contributed by atoms with E-state index in [-0.39, 0.29) is 0 Å². The minimum Gasteiger partial charge on any atom is -0.483 e. The lowest BCUT2D eigenvalue weighted by Gasteiger charge is -2.14. The summed E-state index contributed by atoms with van der Waals surface area (Å²) in [6.45, 7) is 4.91. The summed E-state index contributed by atoms with van der Waals surface area (Å²) in [6, 6.07) is 3.68. The van der Waals surface area contributed by atoms with Gasteiger partial charge in [0.1, 0.15) is 11.4 Å². The Morgan fingerprint density at radius 3 is 1.85 bits per heavy atom. The Morgan fingerprint density at radius 2 is 1.35 bits per heavy atom. The van der Waals surface area contributed by atoms with Crippen molar-refractivity contribution in [2.24, 2.45) is 0 Å². The van der Waals surface area contributed by atoms with Crippen LogP contribution in [0.2, 0.25) is 0 Å². The summed E-state index contributed by atoms with van der Waals surface area (Å²) in [5.74, 6) is -11.1. The third-order valence-electron chi connectivity index (χ3n) is 3.49. The third kappa shape index (κ3) is 3.87. The van der Waals surface area contributed by atoms with Gasteiger partial charge >= 0.3 is 0 Å². The second-order valence-electron chi connectivity index (χ2n) is 5.63. The van der Waals surface area contributed by atoms with Crippen LogP contribution in [0.4, 0.5) is 27.6 Å². The second kappa shape index (κ2) is 7.59. The Hall–Kier alpha value is -2.84. The first kappa shape index (κ1) is 19.5. The van der Waals surface area contributed by atoms with Gasteiger partial charge in [-0.15, -0.1) is 0 Å². The monoisotopic (exact) mass is 374 g/mol. The Morgan fingerprint density at radius 1 is 0.885 bits per heavy atom. The number of ether oxygens (including phenoxy) is 1. The highest BCUT2D eigenvalue weighted by atomic mass is 19.2. The molecule has 0 unspecified atom stereocenters. The van der Waals surface area contributed by atoms with Gasteiger partial charge in [0.05, 0.1) is 0 Å². The van der Waals surface area contributed by atoms with E-state index in [1.54, 1.807) is 19.3 Å². The Kier molecular flexibility index (Phi) is 5.69. The number of hydrogen-bond donors (Lipinski definition) is 2. The maximum atomic E-state index is 13.5. The minimum atomic E-state index is -2.29. The van der Waals surface area contributed by atoms with Crippen LogP contribution in [-0.4, -0.2) is 12.5 Å². The largest absolute Gasteiger partial charge is 0.483 e. The van der Waals surface area contributed by atoms with Crippen LogP contribution in [0.25, 0.3) is 0 Å². The van der Waals surface area contributed by atoms with Gasteiger partial charge in [0.15, 0.2) is 29.9 Å². The SMILES string of the molecule is Cc1cc(C)c(OCC(=O)NNc2c(F)c(F)c(F)c(F)c2F)c(C)c1. The topological polar surface area (TPSA) is 50.4 Å². The molecule has 0 heterocycles. The third-order valence-corrected chi connectivity index (χ3v) is 3.49. The summed E-state index contributed by atoms with van der Waals surface area (Å²) in [7, 11) is 0. The molecule has 2 aromatic rings. The van der Waals surface area contributed by atoms with E-state index in [4.69, 9.17) is 4.74 Å². The molecule has 140 valence electrons. The quantitative estimate of drug-likeness (QED) is 0.362. The van der Waals surface area contributed by atoms with Gasteiger partial charge in [-0.1, -0.05) is 17.7 Å². The number of hydrazine groups is 1. The molecule has 0 spiro atoms. The summed E-state index contributed by atoms with van der Waals surface area (Å²) >= 11 is 0. The molecule has 0 aliphatic carbocycles. The number of aryl methyl sites for hydroxylation is 3. The number of benzene rings is 2. The van der Waals surface area contributed by atoms with Crippen LogP contribution in [0, 0.1) is 49.9 Å². The number of anilines is 1. The number of rotatable bonds is 5. The number of amides is 1. The predicted molar refractivity (Wildman–Crippen MR) is 84.1 cm³/mol. The molecule has 0 bridgehead atoms. The zero-order chi connectivity index (χ0) is 19.6. The lowest BCUT2D eigenvalue weighted by Crippen LogP contribution is -2.34. The van der Waals surface area contributed by atoms with Crippen LogP contribution >= 0.6 is 0 Å². The van der Waals surface area contributed by atoms with Crippen LogP contribution in [0.3, 0.4) is 0 Å². The van der Waals surface area contributed by atoms with E-state index in [9.17, 15) is 26.7 Å². The van der Waals surface area contributed by atoms with Crippen molar-refractivity contribution in [2.75, 3.05) is 12.0 Å². The summed E-state index contributed by atoms with van der Waals surface area (Å²) in [5.41, 5.74) is 4.72. The first-order valence-electron chi connectivity index (χ1n) is 7.40. The molecular weight excluding hydrogens is 359 g/mol. The summed E-state index contributed by atoms with van der Waals surface area (Å²) in [6.07, 6.45) is 0. The molecular formula is C17H15F5N2O2. The molecule has 9 heteroatoms. The van der Waals surface area contributed by atoms with Crippen LogP contribution < -0.4 is 15.6 Å². The zero-order valence-corrected chi connectivity index (χ0v) is 14.1. The van der Waals surface area contributed by atoms with E-state index in [2.05, 4.69) is 0 Å². The summed E-state index contributed by atoms with van der Waals surface area (Å²) < 4.78 is 71.4. The summed E-state index contributed by atoms with van der Waals surface area (Å²) in [4.78, 5) is 11.7. The van der Waals surface area contributed by atoms with E-state index in [1.807, 2.05) is 24.5 Å². The second-order valence-corrected chi connectivity index (χ2v) is 5.63. The van der Waals surface area contributed by atoms with Gasteiger partial charge in [-0.05, 0) is 31.9 Å². The maximum Gasteiger partial charge on any atom is 0.276 e. The smallest absolute Gasteiger partial charge is 0.276 e. The van der Waals surface area contributed by atoms with Gasteiger partial charge in [-0.2, -0.15) is 0 Å². The average Bonchev–Trinajstić information content (AvgIpc) is 2.57. The standard InChI is InChI=1S/C17H15F5N2O2/c1-7-4-8(2)17(9(3)5-7)26-6-10(25)23-24-16-14(21)12(19)11(18)13(20)15(16)22/h4-5,24H,6H2,1-3H3,(H,23,25). The van der Waals surface area contributed by atoms with E-state index in [0.717, 1.165) is 16.7 Å². The highest BCUT2D eigenvalue weighted by Gasteiger charge is 2.26. The van der Waals surface area contributed by atoms with E-state index in [1.165, 1.54) is 0 Å². The van der Waals surface area contributed by atoms with Crippen molar-refractivity contribution in [3.63, 3.8) is 0 Å². The normalized spacial score (nSPS) is 10.6. The van der Waals surface area contributed by atoms with Crippen molar-refractivity contribution in [3.8, 4) is 5.75 Å². The van der Waals surface area contributed by atoms with Crippen molar-refractivity contribution in [2.45, 2.75) is 20.8 Å². The molecule has 2 aromatic carbocycles. The fraction of sp³-hybridized carbons (Fsp3) is 0.235. The molecule has 0 aliphatic rings.